The quantitative estimate of drug-likeness (QED) is 0.126. The molecular formula is C39H42F2N2O6. The molecule has 0 radical (unpaired) electrons. The van der Waals surface area contributed by atoms with E-state index in [1.807, 2.05) is 36.4 Å². The minimum absolute atomic E-state index is 0.0143. The summed E-state index contributed by atoms with van der Waals surface area (Å²) in [5, 5.41) is 40.8. The number of hydrogen-bond donors (Lipinski definition) is 4. The first kappa shape index (κ1) is 33.0. The van der Waals surface area contributed by atoms with Crippen molar-refractivity contribution in [2.75, 3.05) is 53.7 Å². The standard InChI is InChI=1S/C20H22FNO3.C19H20FNO3/c1-22-7-5-13-9-14(25-8-2-6-21)11-15-18(13)16(22)10-12-3-4-17(23)20(24)19(12)15;1-21-6-4-12-8-13(24-7-5-20)10-14-17(12)15(21)9-11-2-3-16(22)19(23)18(11)14/h3-4,9,11,16,23-24H,2,5-8,10H2,1H3;2-3,8,10,15,22-23H,4-7,9H2,1H3/t16-;15-/m11/s1. The second-order valence-corrected chi connectivity index (χ2v) is 13.4. The van der Waals surface area contributed by atoms with Crippen molar-refractivity contribution >= 4 is 0 Å². The van der Waals surface area contributed by atoms with E-state index >= 15 is 0 Å². The third-order valence-electron chi connectivity index (χ3n) is 10.4. The minimum Gasteiger partial charge on any atom is -0.504 e. The molecule has 4 aliphatic rings. The largest absolute Gasteiger partial charge is 0.504 e. The summed E-state index contributed by atoms with van der Waals surface area (Å²) in [6, 6.07) is 15.1. The molecule has 2 aliphatic carbocycles. The molecule has 0 saturated carbocycles. The van der Waals surface area contributed by atoms with Crippen LogP contribution in [0.3, 0.4) is 0 Å². The Balaban J connectivity index is 0.000000154. The molecule has 2 atom stereocenters. The second kappa shape index (κ2) is 13.4. The normalized spacial score (nSPS) is 18.7. The number of phenolic OH excluding ortho intramolecular Hbond substituents is 4. The molecule has 4 aromatic rings. The Morgan fingerprint density at radius 2 is 1.10 bits per heavy atom. The summed E-state index contributed by atoms with van der Waals surface area (Å²) in [4.78, 5) is 4.66. The highest BCUT2D eigenvalue weighted by atomic mass is 19.1. The first-order valence-corrected chi connectivity index (χ1v) is 16.9. The van der Waals surface area contributed by atoms with Crippen LogP contribution in [0.2, 0.25) is 0 Å². The Morgan fingerprint density at radius 1 is 0.633 bits per heavy atom. The van der Waals surface area contributed by atoms with Gasteiger partial charge in [-0.1, -0.05) is 12.1 Å². The van der Waals surface area contributed by atoms with Gasteiger partial charge in [0.25, 0.3) is 0 Å². The van der Waals surface area contributed by atoms with Crippen LogP contribution in [0.1, 0.15) is 51.9 Å². The van der Waals surface area contributed by atoms with E-state index in [0.29, 0.717) is 35.7 Å². The zero-order valence-corrected chi connectivity index (χ0v) is 27.8. The molecule has 8 rings (SSSR count). The number of halogens is 2. The topological polar surface area (TPSA) is 106 Å². The highest BCUT2D eigenvalue weighted by Crippen LogP contribution is 2.52. The van der Waals surface area contributed by atoms with E-state index in [1.54, 1.807) is 6.07 Å². The van der Waals surface area contributed by atoms with Crippen molar-refractivity contribution in [3.05, 3.63) is 81.9 Å². The first-order chi connectivity index (χ1) is 23.7. The molecule has 0 amide bonds. The highest BCUT2D eigenvalue weighted by Gasteiger charge is 2.36. The molecule has 4 aromatic carbocycles. The molecule has 2 heterocycles. The van der Waals surface area contributed by atoms with Gasteiger partial charge < -0.3 is 29.9 Å². The van der Waals surface area contributed by atoms with Crippen LogP contribution in [-0.4, -0.2) is 84.0 Å². The van der Waals surface area contributed by atoms with Gasteiger partial charge in [0.1, 0.15) is 24.8 Å². The van der Waals surface area contributed by atoms with E-state index in [-0.39, 0.29) is 41.7 Å². The monoisotopic (exact) mass is 672 g/mol. The smallest absolute Gasteiger partial charge is 0.165 e. The fourth-order valence-corrected chi connectivity index (χ4v) is 8.01. The summed E-state index contributed by atoms with van der Waals surface area (Å²) in [7, 11) is 4.23. The van der Waals surface area contributed by atoms with Crippen LogP contribution < -0.4 is 9.47 Å². The fraction of sp³-hybridized carbons (Fsp3) is 0.385. The van der Waals surface area contributed by atoms with Crippen molar-refractivity contribution in [2.45, 2.75) is 44.2 Å². The predicted molar refractivity (Wildman–Crippen MR) is 184 cm³/mol. The average molecular weight is 673 g/mol. The van der Waals surface area contributed by atoms with Crippen molar-refractivity contribution in [2.24, 2.45) is 0 Å². The van der Waals surface area contributed by atoms with Crippen LogP contribution in [0.5, 0.6) is 34.5 Å². The lowest BCUT2D eigenvalue weighted by Crippen LogP contribution is -2.35. The van der Waals surface area contributed by atoms with Crippen LogP contribution in [0, 0.1) is 0 Å². The maximum atomic E-state index is 12.5. The number of phenols is 4. The number of nitrogens with zero attached hydrogens (tertiary/aromatic N) is 2. The zero-order chi connectivity index (χ0) is 34.4. The van der Waals surface area contributed by atoms with E-state index in [2.05, 4.69) is 23.9 Å². The SMILES string of the molecule is CN1CCc2cc(OCCCF)cc3c2[C@H]1Cc1ccc(O)c(O)c1-3.CN1CCc2cc(OCCF)cc3c2[C@H]1Cc1ccc(O)c(O)c1-3. The third-order valence-corrected chi connectivity index (χ3v) is 10.4. The van der Waals surface area contributed by atoms with Gasteiger partial charge in [0.2, 0.25) is 0 Å². The van der Waals surface area contributed by atoms with Gasteiger partial charge in [0.05, 0.1) is 13.3 Å². The molecule has 49 heavy (non-hydrogen) atoms. The number of rotatable bonds is 7. The van der Waals surface area contributed by atoms with E-state index in [1.165, 1.54) is 28.3 Å². The lowest BCUT2D eigenvalue weighted by atomic mass is 9.76. The minimum atomic E-state index is -0.541. The van der Waals surface area contributed by atoms with Gasteiger partial charge in [-0.2, -0.15) is 0 Å². The van der Waals surface area contributed by atoms with Gasteiger partial charge >= 0.3 is 0 Å². The van der Waals surface area contributed by atoms with Crippen LogP contribution in [0.15, 0.2) is 48.5 Å². The number of aromatic hydroxyl groups is 4. The number of ether oxygens (including phenoxy) is 2. The van der Waals surface area contributed by atoms with Crippen molar-refractivity contribution in [1.82, 2.24) is 9.80 Å². The molecule has 10 heteroatoms. The fourth-order valence-electron chi connectivity index (χ4n) is 8.01. The lowest BCUT2D eigenvalue weighted by Gasteiger charge is -2.40. The predicted octanol–water partition coefficient (Wildman–Crippen LogP) is 6.79. The summed E-state index contributed by atoms with van der Waals surface area (Å²) in [6.07, 6.45) is 3.76. The summed E-state index contributed by atoms with van der Waals surface area (Å²) in [6.45, 7) is 1.31. The van der Waals surface area contributed by atoms with Gasteiger partial charge in [0, 0.05) is 42.7 Å². The molecule has 8 nitrogen and oxygen atoms in total. The molecule has 258 valence electrons. The molecule has 0 saturated heterocycles. The van der Waals surface area contributed by atoms with Gasteiger partial charge in [-0.05, 0) is 121 Å². The molecule has 0 fully saturated rings. The molecule has 0 spiro atoms. The van der Waals surface area contributed by atoms with Gasteiger partial charge in [0.15, 0.2) is 23.0 Å². The van der Waals surface area contributed by atoms with Crippen LogP contribution in [0.4, 0.5) is 8.78 Å². The summed E-state index contributed by atoms with van der Waals surface area (Å²) >= 11 is 0. The van der Waals surface area contributed by atoms with Crippen LogP contribution >= 0.6 is 0 Å². The Bertz CT molecular complexity index is 1900. The van der Waals surface area contributed by atoms with Crippen molar-refractivity contribution in [1.29, 1.82) is 0 Å². The lowest BCUT2D eigenvalue weighted by molar-refractivity contribution is 0.226. The number of hydrogen-bond acceptors (Lipinski definition) is 8. The Morgan fingerprint density at radius 3 is 1.55 bits per heavy atom. The Labute approximate surface area is 284 Å². The summed E-state index contributed by atoms with van der Waals surface area (Å²) in [5.74, 6) is 0.900. The molecule has 4 N–H and O–H groups in total. The summed E-state index contributed by atoms with van der Waals surface area (Å²) in [5.41, 5.74) is 9.97. The van der Waals surface area contributed by atoms with Crippen LogP contribution in [0.25, 0.3) is 22.3 Å². The van der Waals surface area contributed by atoms with Crippen LogP contribution in [-0.2, 0) is 25.7 Å². The molecule has 2 aliphatic heterocycles. The first-order valence-electron chi connectivity index (χ1n) is 16.9. The van der Waals surface area contributed by atoms with Crippen molar-refractivity contribution < 1.29 is 38.7 Å². The van der Waals surface area contributed by atoms with E-state index < -0.39 is 13.3 Å². The molecule has 0 aromatic heterocycles. The third kappa shape index (κ3) is 5.91. The molecular weight excluding hydrogens is 630 g/mol. The number of benzene rings is 4. The average Bonchev–Trinajstić information content (AvgIpc) is 3.10. The number of likely N-dealkylation sites (N-methyl/N-ethyl adjacent to an activating group) is 2. The number of fused-ring (bicyclic) bond motifs is 4. The Kier molecular flexibility index (Phi) is 9.02. The van der Waals surface area contributed by atoms with E-state index in [9.17, 15) is 29.2 Å². The zero-order valence-electron chi connectivity index (χ0n) is 27.8. The van der Waals surface area contributed by atoms with E-state index in [4.69, 9.17) is 9.47 Å². The molecule has 0 unspecified atom stereocenters. The maximum absolute atomic E-state index is 12.5. The van der Waals surface area contributed by atoms with Gasteiger partial charge in [-0.3, -0.25) is 14.2 Å². The maximum Gasteiger partial charge on any atom is 0.165 e. The molecule has 0 bridgehead atoms. The van der Waals surface area contributed by atoms with Crippen molar-refractivity contribution in [3.8, 4) is 56.8 Å². The van der Waals surface area contributed by atoms with Gasteiger partial charge in [-0.15, -0.1) is 0 Å². The van der Waals surface area contributed by atoms with Gasteiger partial charge in [-0.25, -0.2) is 4.39 Å². The number of alkyl halides is 2. The Hall–Kier alpha value is -4.54. The van der Waals surface area contributed by atoms with Crippen molar-refractivity contribution in [3.63, 3.8) is 0 Å². The van der Waals surface area contributed by atoms with E-state index in [0.717, 1.165) is 61.0 Å². The summed E-state index contributed by atoms with van der Waals surface area (Å²) < 4.78 is 36.1. The highest BCUT2D eigenvalue weighted by molar-refractivity contribution is 5.84. The second-order valence-electron chi connectivity index (χ2n) is 13.4.